The van der Waals surface area contributed by atoms with Crippen LogP contribution in [0.1, 0.15) is 53.4 Å². The highest BCUT2D eigenvalue weighted by atomic mass is 32.2. The van der Waals surface area contributed by atoms with E-state index in [4.69, 9.17) is 0 Å². The predicted molar refractivity (Wildman–Crippen MR) is 82.4 cm³/mol. The molecule has 2 aliphatic heterocycles. The van der Waals surface area contributed by atoms with Gasteiger partial charge in [-0.05, 0) is 39.0 Å². The monoisotopic (exact) mass is 298 g/mol. The minimum atomic E-state index is -0.276. The molecule has 20 heavy (non-hydrogen) atoms. The summed E-state index contributed by atoms with van der Waals surface area (Å²) in [5.41, 5.74) is 0. The lowest BCUT2D eigenvalue weighted by Crippen LogP contribution is -2.51. The van der Waals surface area contributed by atoms with Gasteiger partial charge in [-0.1, -0.05) is 13.8 Å². The van der Waals surface area contributed by atoms with Crippen LogP contribution in [-0.2, 0) is 9.59 Å². The predicted octanol–water partition coefficient (Wildman–Crippen LogP) is 2.38. The molecule has 0 aromatic carbocycles. The smallest absolute Gasteiger partial charge is 0.243 e. The number of carbonyl (C=O) groups excluding carboxylic acids is 2. The van der Waals surface area contributed by atoms with Gasteiger partial charge in [0.15, 0.2) is 0 Å². The van der Waals surface area contributed by atoms with Gasteiger partial charge in [0.1, 0.15) is 6.04 Å². The molecule has 1 N–H and O–H groups in total. The Kier molecular flexibility index (Phi) is 4.67. The maximum absolute atomic E-state index is 12.4. The maximum Gasteiger partial charge on any atom is 0.243 e. The van der Waals surface area contributed by atoms with Crippen LogP contribution in [0, 0.1) is 5.92 Å². The molecule has 2 fully saturated rings. The number of hydrogen-bond donors (Lipinski definition) is 1. The molecule has 4 nitrogen and oxygen atoms in total. The summed E-state index contributed by atoms with van der Waals surface area (Å²) in [6.45, 7) is 8.51. The average molecular weight is 298 g/mol. The van der Waals surface area contributed by atoms with Gasteiger partial charge in [0.25, 0.3) is 0 Å². The highest BCUT2D eigenvalue weighted by Crippen LogP contribution is 2.47. The first-order valence-electron chi connectivity index (χ1n) is 7.60. The molecule has 0 aliphatic carbocycles. The van der Waals surface area contributed by atoms with Crippen molar-refractivity contribution in [3.63, 3.8) is 0 Å². The van der Waals surface area contributed by atoms with E-state index in [-0.39, 0.29) is 28.8 Å². The van der Waals surface area contributed by atoms with E-state index < -0.39 is 0 Å². The van der Waals surface area contributed by atoms with Gasteiger partial charge >= 0.3 is 0 Å². The quantitative estimate of drug-likeness (QED) is 0.848. The van der Waals surface area contributed by atoms with Gasteiger partial charge in [-0.2, -0.15) is 0 Å². The topological polar surface area (TPSA) is 49.4 Å². The first-order valence-corrected chi connectivity index (χ1v) is 8.58. The van der Waals surface area contributed by atoms with Crippen LogP contribution in [0.5, 0.6) is 0 Å². The summed E-state index contributed by atoms with van der Waals surface area (Å²) in [7, 11) is 0. The second kappa shape index (κ2) is 5.96. The number of amides is 2. The van der Waals surface area contributed by atoms with Crippen molar-refractivity contribution in [2.45, 2.75) is 70.3 Å². The molecule has 114 valence electrons. The van der Waals surface area contributed by atoms with E-state index >= 15 is 0 Å². The number of nitrogens with one attached hydrogen (secondary N) is 1. The SMILES string of the molecule is CC(C)CC[C@H](C)NC(=O)[C@@H]1CS[C@]2(C)CCC(=O)N12. The molecule has 0 aromatic heterocycles. The van der Waals surface area contributed by atoms with Gasteiger partial charge in [-0.15, -0.1) is 11.8 Å². The zero-order valence-electron chi connectivity index (χ0n) is 12.9. The van der Waals surface area contributed by atoms with Crippen molar-refractivity contribution in [3.8, 4) is 0 Å². The van der Waals surface area contributed by atoms with Crippen molar-refractivity contribution in [2.24, 2.45) is 5.92 Å². The lowest BCUT2D eigenvalue weighted by atomic mass is 10.0. The van der Waals surface area contributed by atoms with E-state index in [1.54, 1.807) is 11.8 Å². The first kappa shape index (κ1) is 15.7. The van der Waals surface area contributed by atoms with Crippen molar-refractivity contribution in [2.75, 3.05) is 5.75 Å². The van der Waals surface area contributed by atoms with Crippen LogP contribution in [0.3, 0.4) is 0 Å². The lowest BCUT2D eigenvalue weighted by molar-refractivity contribution is -0.138. The standard InChI is InChI=1S/C15H26N2O2S/c1-10(2)5-6-11(3)16-14(19)12-9-20-15(4)8-7-13(18)17(12)15/h10-12H,5-9H2,1-4H3,(H,16,19)/t11-,12-,15+/m0/s1. The molecule has 0 saturated carbocycles. The van der Waals surface area contributed by atoms with Gasteiger partial charge in [0.05, 0.1) is 4.87 Å². The van der Waals surface area contributed by atoms with Gasteiger partial charge in [0.2, 0.25) is 11.8 Å². The van der Waals surface area contributed by atoms with Crippen LogP contribution in [0.4, 0.5) is 0 Å². The van der Waals surface area contributed by atoms with Crippen LogP contribution >= 0.6 is 11.8 Å². The molecule has 2 saturated heterocycles. The van der Waals surface area contributed by atoms with Crippen molar-refractivity contribution in [1.29, 1.82) is 0 Å². The Bertz CT molecular complexity index is 399. The summed E-state index contributed by atoms with van der Waals surface area (Å²) in [5, 5.41) is 3.08. The summed E-state index contributed by atoms with van der Waals surface area (Å²) < 4.78 is 0. The largest absolute Gasteiger partial charge is 0.352 e. The third-order valence-corrected chi connectivity index (χ3v) is 5.82. The summed E-state index contributed by atoms with van der Waals surface area (Å²) in [6, 6.07) is -0.0963. The Hall–Kier alpha value is -0.710. The fraction of sp³-hybridized carbons (Fsp3) is 0.867. The molecule has 0 radical (unpaired) electrons. The minimum absolute atomic E-state index is 0.0210. The number of thioether (sulfide) groups is 1. The molecule has 3 atom stereocenters. The number of nitrogens with zero attached hydrogens (tertiary/aromatic N) is 1. The molecule has 0 bridgehead atoms. The van der Waals surface area contributed by atoms with Crippen molar-refractivity contribution >= 4 is 23.6 Å². The number of fused-ring (bicyclic) bond motifs is 1. The van der Waals surface area contributed by atoms with E-state index in [1.807, 2.05) is 11.8 Å². The lowest BCUT2D eigenvalue weighted by Gasteiger charge is -2.30. The molecule has 2 heterocycles. The minimum Gasteiger partial charge on any atom is -0.352 e. The molecule has 2 rings (SSSR count). The van der Waals surface area contributed by atoms with Crippen molar-refractivity contribution in [3.05, 3.63) is 0 Å². The Morgan fingerprint density at radius 1 is 1.45 bits per heavy atom. The Balaban J connectivity index is 1.91. The van der Waals surface area contributed by atoms with Crippen LogP contribution in [-0.4, -0.2) is 39.4 Å². The molecule has 2 aliphatic rings. The van der Waals surface area contributed by atoms with Gasteiger partial charge in [-0.3, -0.25) is 9.59 Å². The average Bonchev–Trinajstić information content (AvgIpc) is 2.84. The fourth-order valence-electron chi connectivity index (χ4n) is 3.01. The first-order chi connectivity index (χ1) is 9.33. The molecule has 0 aromatic rings. The summed E-state index contributed by atoms with van der Waals surface area (Å²) in [6.07, 6.45) is 3.55. The van der Waals surface area contributed by atoms with Crippen LogP contribution in [0.15, 0.2) is 0 Å². The zero-order valence-corrected chi connectivity index (χ0v) is 13.8. The molecule has 5 heteroatoms. The number of rotatable bonds is 5. The van der Waals surface area contributed by atoms with Crippen LogP contribution in [0.25, 0.3) is 0 Å². The van der Waals surface area contributed by atoms with E-state index in [9.17, 15) is 9.59 Å². The molecule has 0 spiro atoms. The summed E-state index contributed by atoms with van der Waals surface area (Å²) in [4.78, 5) is 26.1. The number of hydrogen-bond acceptors (Lipinski definition) is 3. The summed E-state index contributed by atoms with van der Waals surface area (Å²) in [5.74, 6) is 1.53. The Morgan fingerprint density at radius 3 is 2.80 bits per heavy atom. The fourth-order valence-corrected chi connectivity index (χ4v) is 4.44. The van der Waals surface area contributed by atoms with Gasteiger partial charge < -0.3 is 10.2 Å². The highest BCUT2D eigenvalue weighted by molar-refractivity contribution is 8.01. The van der Waals surface area contributed by atoms with E-state index in [1.165, 1.54) is 0 Å². The summed E-state index contributed by atoms with van der Waals surface area (Å²) >= 11 is 1.75. The van der Waals surface area contributed by atoms with Crippen LogP contribution in [0.2, 0.25) is 0 Å². The molecule has 0 unspecified atom stereocenters. The normalized spacial score (nSPS) is 30.8. The highest BCUT2D eigenvalue weighted by Gasteiger charge is 2.52. The second-order valence-corrected chi connectivity index (χ2v) is 8.15. The second-order valence-electron chi connectivity index (χ2n) is 6.65. The van der Waals surface area contributed by atoms with E-state index in [0.717, 1.165) is 25.0 Å². The molecule has 2 amide bonds. The van der Waals surface area contributed by atoms with E-state index in [0.29, 0.717) is 12.3 Å². The van der Waals surface area contributed by atoms with E-state index in [2.05, 4.69) is 26.1 Å². The molecular weight excluding hydrogens is 272 g/mol. The number of carbonyl (C=O) groups is 2. The third kappa shape index (κ3) is 3.13. The van der Waals surface area contributed by atoms with Gasteiger partial charge in [-0.25, -0.2) is 0 Å². The zero-order chi connectivity index (χ0) is 14.9. The van der Waals surface area contributed by atoms with Crippen LogP contribution < -0.4 is 5.32 Å². The third-order valence-electron chi connectivity index (χ3n) is 4.31. The van der Waals surface area contributed by atoms with Crippen molar-refractivity contribution < 1.29 is 9.59 Å². The Morgan fingerprint density at radius 2 is 2.15 bits per heavy atom. The van der Waals surface area contributed by atoms with Crippen molar-refractivity contribution in [1.82, 2.24) is 10.2 Å². The Labute approximate surface area is 126 Å². The molecular formula is C15H26N2O2S. The van der Waals surface area contributed by atoms with Gasteiger partial charge in [0, 0.05) is 18.2 Å². The maximum atomic E-state index is 12.4.